The fraction of sp³-hybridized carbons (Fsp3) is 0.500. The molecule has 0 heterocycles. The summed E-state index contributed by atoms with van der Waals surface area (Å²) in [7, 11) is 0. The number of hydrogen-bond donors (Lipinski definition) is 1. The number of carboxylic acids is 1. The maximum absolute atomic E-state index is 11.7. The lowest BCUT2D eigenvalue weighted by Crippen LogP contribution is -2.13. The minimum absolute atomic E-state index is 0.110. The number of benzene rings is 1. The standard InChI is InChI=1S/C16H21ClO4/c1-11(2)3-8-14(12-4-6-13(17)7-5-12)21-16(20)10-9-15(18)19/h4-7,11,14H,3,8-10H2,1-2H3,(H,18,19)/t14-/m1/s1. The van der Waals surface area contributed by atoms with E-state index >= 15 is 0 Å². The molecule has 1 aromatic rings. The van der Waals surface area contributed by atoms with Gasteiger partial charge in [-0.25, -0.2) is 0 Å². The summed E-state index contributed by atoms with van der Waals surface area (Å²) in [4.78, 5) is 22.2. The Balaban J connectivity index is 2.70. The molecule has 116 valence electrons. The predicted octanol–water partition coefficient (Wildman–Crippen LogP) is 4.23. The number of ether oxygens (including phenoxy) is 1. The highest BCUT2D eigenvalue weighted by atomic mass is 35.5. The summed E-state index contributed by atoms with van der Waals surface area (Å²) >= 11 is 5.86. The van der Waals surface area contributed by atoms with Crippen LogP contribution in [0.15, 0.2) is 24.3 Å². The van der Waals surface area contributed by atoms with E-state index in [-0.39, 0.29) is 18.9 Å². The highest BCUT2D eigenvalue weighted by Crippen LogP contribution is 2.26. The number of esters is 1. The van der Waals surface area contributed by atoms with Gasteiger partial charge in [-0.15, -0.1) is 0 Å². The third kappa shape index (κ3) is 7.14. The Hall–Kier alpha value is -1.55. The van der Waals surface area contributed by atoms with Gasteiger partial charge < -0.3 is 9.84 Å². The number of halogens is 1. The molecule has 4 nitrogen and oxygen atoms in total. The van der Waals surface area contributed by atoms with Crippen LogP contribution in [0.5, 0.6) is 0 Å². The smallest absolute Gasteiger partial charge is 0.306 e. The van der Waals surface area contributed by atoms with Crippen molar-refractivity contribution in [2.24, 2.45) is 5.92 Å². The topological polar surface area (TPSA) is 63.6 Å². The Morgan fingerprint density at radius 1 is 1.14 bits per heavy atom. The van der Waals surface area contributed by atoms with E-state index in [1.54, 1.807) is 12.1 Å². The molecule has 0 radical (unpaired) electrons. The van der Waals surface area contributed by atoms with E-state index in [2.05, 4.69) is 13.8 Å². The second-order valence-electron chi connectivity index (χ2n) is 5.39. The van der Waals surface area contributed by atoms with Crippen LogP contribution in [0.4, 0.5) is 0 Å². The monoisotopic (exact) mass is 312 g/mol. The van der Waals surface area contributed by atoms with Crippen LogP contribution in [0.3, 0.4) is 0 Å². The van der Waals surface area contributed by atoms with E-state index in [0.29, 0.717) is 17.4 Å². The lowest BCUT2D eigenvalue weighted by molar-refractivity contribution is -0.152. The summed E-state index contributed by atoms with van der Waals surface area (Å²) in [6.07, 6.45) is 0.945. The van der Waals surface area contributed by atoms with Crippen LogP contribution in [0.2, 0.25) is 5.02 Å². The van der Waals surface area contributed by atoms with Crippen molar-refractivity contribution in [1.29, 1.82) is 0 Å². The van der Waals surface area contributed by atoms with Gasteiger partial charge in [-0.2, -0.15) is 0 Å². The van der Waals surface area contributed by atoms with Crippen molar-refractivity contribution in [3.05, 3.63) is 34.9 Å². The highest BCUT2D eigenvalue weighted by molar-refractivity contribution is 6.30. The van der Waals surface area contributed by atoms with E-state index in [4.69, 9.17) is 21.4 Å². The van der Waals surface area contributed by atoms with Gasteiger partial charge in [0.1, 0.15) is 6.10 Å². The first-order valence-electron chi connectivity index (χ1n) is 7.05. The van der Waals surface area contributed by atoms with Gasteiger partial charge in [0.05, 0.1) is 12.8 Å². The summed E-state index contributed by atoms with van der Waals surface area (Å²) in [5.74, 6) is -0.990. The number of aliphatic carboxylic acids is 1. The largest absolute Gasteiger partial charge is 0.481 e. The zero-order chi connectivity index (χ0) is 15.8. The molecule has 1 rings (SSSR count). The molecule has 1 aromatic carbocycles. The molecule has 1 N–H and O–H groups in total. The second kappa shape index (κ2) is 8.67. The minimum Gasteiger partial charge on any atom is -0.481 e. The van der Waals surface area contributed by atoms with E-state index in [1.807, 2.05) is 12.1 Å². The predicted molar refractivity (Wildman–Crippen MR) is 81.2 cm³/mol. The summed E-state index contributed by atoms with van der Waals surface area (Å²) in [5.41, 5.74) is 0.878. The molecule has 0 saturated heterocycles. The van der Waals surface area contributed by atoms with Gasteiger partial charge in [0.2, 0.25) is 0 Å². The van der Waals surface area contributed by atoms with Crippen molar-refractivity contribution in [3.8, 4) is 0 Å². The fourth-order valence-corrected chi connectivity index (χ4v) is 2.01. The molecule has 5 heteroatoms. The number of carboxylic acid groups (broad SMARTS) is 1. The molecule has 0 spiro atoms. The molecular weight excluding hydrogens is 292 g/mol. The minimum atomic E-state index is -1.00. The Labute approximate surface area is 130 Å². The van der Waals surface area contributed by atoms with Crippen molar-refractivity contribution in [1.82, 2.24) is 0 Å². The number of rotatable bonds is 8. The Kier molecular flexibility index (Phi) is 7.23. The van der Waals surface area contributed by atoms with Crippen LogP contribution in [-0.2, 0) is 14.3 Å². The third-order valence-corrected chi connectivity index (χ3v) is 3.32. The molecule has 0 aliphatic rings. The quantitative estimate of drug-likeness (QED) is 0.730. The zero-order valence-corrected chi connectivity index (χ0v) is 13.1. The van der Waals surface area contributed by atoms with Gasteiger partial charge >= 0.3 is 11.9 Å². The molecule has 0 aliphatic heterocycles. The third-order valence-electron chi connectivity index (χ3n) is 3.06. The van der Waals surface area contributed by atoms with Gasteiger partial charge in [0.15, 0.2) is 0 Å². The van der Waals surface area contributed by atoms with Crippen LogP contribution >= 0.6 is 11.6 Å². The van der Waals surface area contributed by atoms with E-state index in [9.17, 15) is 9.59 Å². The lowest BCUT2D eigenvalue weighted by Gasteiger charge is -2.19. The molecule has 0 aromatic heterocycles. The van der Waals surface area contributed by atoms with Gasteiger partial charge in [0.25, 0.3) is 0 Å². The van der Waals surface area contributed by atoms with Crippen molar-refractivity contribution in [3.63, 3.8) is 0 Å². The van der Waals surface area contributed by atoms with Crippen LogP contribution in [-0.4, -0.2) is 17.0 Å². The number of carbonyl (C=O) groups excluding carboxylic acids is 1. The van der Waals surface area contributed by atoms with Crippen LogP contribution in [0.1, 0.15) is 51.2 Å². The Morgan fingerprint density at radius 2 is 1.76 bits per heavy atom. The van der Waals surface area contributed by atoms with Crippen LogP contribution in [0, 0.1) is 5.92 Å². The summed E-state index contributed by atoms with van der Waals surface area (Å²) in [6, 6.07) is 7.17. The maximum atomic E-state index is 11.7. The molecular formula is C16H21ClO4. The molecule has 0 saturated carbocycles. The molecule has 0 aliphatic carbocycles. The van der Waals surface area contributed by atoms with Crippen molar-refractivity contribution in [2.75, 3.05) is 0 Å². The van der Waals surface area contributed by atoms with Crippen molar-refractivity contribution >= 4 is 23.5 Å². The van der Waals surface area contributed by atoms with Gasteiger partial charge in [-0.05, 0) is 36.5 Å². The molecule has 21 heavy (non-hydrogen) atoms. The lowest BCUT2D eigenvalue weighted by atomic mass is 10.00. The van der Waals surface area contributed by atoms with Crippen LogP contribution in [0.25, 0.3) is 0 Å². The second-order valence-corrected chi connectivity index (χ2v) is 5.83. The molecule has 0 fully saturated rings. The number of hydrogen-bond acceptors (Lipinski definition) is 3. The average molecular weight is 313 g/mol. The van der Waals surface area contributed by atoms with E-state index < -0.39 is 11.9 Å². The molecule has 0 unspecified atom stereocenters. The normalized spacial score (nSPS) is 12.2. The van der Waals surface area contributed by atoms with Crippen LogP contribution < -0.4 is 0 Å². The first kappa shape index (κ1) is 17.5. The van der Waals surface area contributed by atoms with Gasteiger partial charge in [-0.3, -0.25) is 9.59 Å². The van der Waals surface area contributed by atoms with E-state index in [0.717, 1.165) is 12.0 Å². The summed E-state index contributed by atoms with van der Waals surface area (Å²) < 4.78 is 5.43. The fourth-order valence-electron chi connectivity index (χ4n) is 1.88. The highest BCUT2D eigenvalue weighted by Gasteiger charge is 2.18. The SMILES string of the molecule is CC(C)CC[C@@H](OC(=O)CCC(=O)O)c1ccc(Cl)cc1. The van der Waals surface area contributed by atoms with Crippen molar-refractivity contribution in [2.45, 2.75) is 45.6 Å². The Bertz CT molecular complexity index is 468. The first-order chi connectivity index (χ1) is 9.88. The average Bonchev–Trinajstić information content (AvgIpc) is 2.42. The first-order valence-corrected chi connectivity index (χ1v) is 7.43. The molecule has 0 bridgehead atoms. The zero-order valence-electron chi connectivity index (χ0n) is 12.3. The number of carbonyl (C=O) groups is 2. The summed E-state index contributed by atoms with van der Waals surface area (Å²) in [6.45, 7) is 4.20. The molecule has 0 amide bonds. The Morgan fingerprint density at radius 3 is 2.29 bits per heavy atom. The van der Waals surface area contributed by atoms with Gasteiger partial charge in [-0.1, -0.05) is 37.6 Å². The maximum Gasteiger partial charge on any atom is 0.306 e. The summed E-state index contributed by atoms with van der Waals surface area (Å²) in [5, 5.41) is 9.22. The van der Waals surface area contributed by atoms with E-state index in [1.165, 1.54) is 0 Å². The van der Waals surface area contributed by atoms with Crippen molar-refractivity contribution < 1.29 is 19.4 Å². The molecule has 1 atom stereocenters. The van der Waals surface area contributed by atoms with Gasteiger partial charge in [0, 0.05) is 5.02 Å².